The highest BCUT2D eigenvalue weighted by Gasteiger charge is 2.25. The lowest BCUT2D eigenvalue weighted by Gasteiger charge is -2.07. The maximum absolute atomic E-state index is 11.1. The third-order valence-corrected chi connectivity index (χ3v) is 3.19. The molecular weight excluding hydrogens is 262 g/mol. The molecule has 8 nitrogen and oxygen atoms in total. The van der Waals surface area contributed by atoms with Crippen molar-refractivity contribution in [2.75, 3.05) is 5.32 Å². The summed E-state index contributed by atoms with van der Waals surface area (Å²) in [5, 5.41) is 22.3. The summed E-state index contributed by atoms with van der Waals surface area (Å²) < 4.78 is 6.67. The number of anilines is 1. The van der Waals surface area contributed by atoms with Crippen molar-refractivity contribution in [1.29, 1.82) is 0 Å². The molecule has 2 aromatic rings. The van der Waals surface area contributed by atoms with Crippen LogP contribution in [0, 0.1) is 30.9 Å². The summed E-state index contributed by atoms with van der Waals surface area (Å²) in [6.07, 6.45) is 0. The SMILES string of the molecule is CCn1nc(C)c([N+](=O)[O-])c1NCc1c(C)noc1C. The average Bonchev–Trinajstić information content (AvgIpc) is 2.88. The number of aromatic nitrogens is 3. The Morgan fingerprint density at radius 1 is 1.35 bits per heavy atom. The topological polar surface area (TPSA) is 99.0 Å². The second-order valence-electron chi connectivity index (χ2n) is 4.51. The molecule has 0 saturated carbocycles. The monoisotopic (exact) mass is 279 g/mol. The van der Waals surface area contributed by atoms with Gasteiger partial charge in [0.25, 0.3) is 0 Å². The van der Waals surface area contributed by atoms with Crippen LogP contribution >= 0.6 is 0 Å². The number of rotatable bonds is 5. The molecule has 0 fully saturated rings. The molecule has 0 aliphatic heterocycles. The summed E-state index contributed by atoms with van der Waals surface area (Å²) >= 11 is 0. The van der Waals surface area contributed by atoms with Gasteiger partial charge in [0.1, 0.15) is 11.5 Å². The lowest BCUT2D eigenvalue weighted by atomic mass is 10.2. The summed E-state index contributed by atoms with van der Waals surface area (Å²) in [5.74, 6) is 1.12. The fraction of sp³-hybridized carbons (Fsp3) is 0.500. The zero-order chi connectivity index (χ0) is 14.9. The van der Waals surface area contributed by atoms with Crippen LogP contribution in [-0.2, 0) is 13.1 Å². The predicted molar refractivity (Wildman–Crippen MR) is 72.6 cm³/mol. The molecule has 0 radical (unpaired) electrons. The summed E-state index contributed by atoms with van der Waals surface area (Å²) in [6, 6.07) is 0. The Morgan fingerprint density at radius 3 is 2.55 bits per heavy atom. The molecule has 2 aromatic heterocycles. The van der Waals surface area contributed by atoms with Crippen molar-refractivity contribution in [3.63, 3.8) is 0 Å². The van der Waals surface area contributed by atoms with E-state index in [1.165, 1.54) is 0 Å². The van der Waals surface area contributed by atoms with E-state index in [-0.39, 0.29) is 5.69 Å². The molecule has 0 aliphatic carbocycles. The number of aryl methyl sites for hydroxylation is 4. The molecule has 0 amide bonds. The number of nitro groups is 1. The van der Waals surface area contributed by atoms with E-state index in [0.717, 1.165) is 11.3 Å². The van der Waals surface area contributed by atoms with Crippen LogP contribution in [0.5, 0.6) is 0 Å². The van der Waals surface area contributed by atoms with Crippen LogP contribution in [0.2, 0.25) is 0 Å². The number of hydrogen-bond donors (Lipinski definition) is 1. The Bertz CT molecular complexity index is 624. The first-order chi connectivity index (χ1) is 9.45. The number of nitrogens with zero attached hydrogens (tertiary/aromatic N) is 4. The highest BCUT2D eigenvalue weighted by Crippen LogP contribution is 2.29. The van der Waals surface area contributed by atoms with Crippen LogP contribution in [0.4, 0.5) is 11.5 Å². The largest absolute Gasteiger partial charge is 0.361 e. The van der Waals surface area contributed by atoms with Gasteiger partial charge in [-0.15, -0.1) is 0 Å². The Morgan fingerprint density at radius 2 is 2.05 bits per heavy atom. The molecule has 0 unspecified atom stereocenters. The second kappa shape index (κ2) is 5.32. The smallest absolute Gasteiger partial charge is 0.333 e. The minimum atomic E-state index is -0.413. The first-order valence-corrected chi connectivity index (χ1v) is 6.33. The molecule has 0 aliphatic rings. The van der Waals surface area contributed by atoms with Gasteiger partial charge >= 0.3 is 5.69 Å². The maximum Gasteiger partial charge on any atom is 0.333 e. The van der Waals surface area contributed by atoms with Gasteiger partial charge in [0.2, 0.25) is 5.82 Å². The molecule has 108 valence electrons. The summed E-state index contributed by atoms with van der Waals surface area (Å²) in [4.78, 5) is 10.7. The van der Waals surface area contributed by atoms with Gasteiger partial charge in [-0.25, -0.2) is 4.68 Å². The van der Waals surface area contributed by atoms with Gasteiger partial charge in [-0.05, 0) is 27.7 Å². The van der Waals surface area contributed by atoms with Gasteiger partial charge in [-0.2, -0.15) is 5.10 Å². The van der Waals surface area contributed by atoms with Crippen LogP contribution in [0.15, 0.2) is 4.52 Å². The van der Waals surface area contributed by atoms with E-state index < -0.39 is 4.92 Å². The molecule has 8 heteroatoms. The van der Waals surface area contributed by atoms with Crippen molar-refractivity contribution in [3.8, 4) is 0 Å². The fourth-order valence-corrected chi connectivity index (χ4v) is 2.12. The van der Waals surface area contributed by atoms with Crippen molar-refractivity contribution >= 4 is 11.5 Å². The van der Waals surface area contributed by atoms with Crippen LogP contribution in [0.1, 0.15) is 29.6 Å². The molecule has 2 rings (SSSR count). The molecule has 0 atom stereocenters. The molecule has 1 N–H and O–H groups in total. The third kappa shape index (κ3) is 2.36. The lowest BCUT2D eigenvalue weighted by molar-refractivity contribution is -0.384. The zero-order valence-electron chi connectivity index (χ0n) is 11.9. The van der Waals surface area contributed by atoms with Crippen LogP contribution in [-0.4, -0.2) is 19.9 Å². The summed E-state index contributed by atoms with van der Waals surface area (Å²) in [6.45, 7) is 8.13. The van der Waals surface area contributed by atoms with Gasteiger partial charge in [-0.1, -0.05) is 5.16 Å². The van der Waals surface area contributed by atoms with Crippen LogP contribution in [0.25, 0.3) is 0 Å². The highest BCUT2D eigenvalue weighted by atomic mass is 16.6. The normalized spacial score (nSPS) is 10.8. The minimum absolute atomic E-state index is 0.0126. The summed E-state index contributed by atoms with van der Waals surface area (Å²) in [5.41, 5.74) is 2.09. The Hall–Kier alpha value is -2.38. The predicted octanol–water partition coefficient (Wildman–Crippen LogP) is 2.34. The molecule has 0 aromatic carbocycles. The van der Waals surface area contributed by atoms with Gasteiger partial charge in [0, 0.05) is 18.7 Å². The van der Waals surface area contributed by atoms with Crippen molar-refractivity contribution < 1.29 is 9.45 Å². The van der Waals surface area contributed by atoms with Crippen LogP contribution < -0.4 is 5.32 Å². The summed E-state index contributed by atoms with van der Waals surface area (Å²) in [7, 11) is 0. The van der Waals surface area contributed by atoms with Crippen LogP contribution in [0.3, 0.4) is 0 Å². The van der Waals surface area contributed by atoms with E-state index in [1.807, 2.05) is 20.8 Å². The van der Waals surface area contributed by atoms with Crippen molar-refractivity contribution in [1.82, 2.24) is 14.9 Å². The van der Waals surface area contributed by atoms with Gasteiger partial charge in [-0.3, -0.25) is 10.1 Å². The van der Waals surface area contributed by atoms with Gasteiger partial charge in [0.15, 0.2) is 0 Å². The van der Waals surface area contributed by atoms with Gasteiger partial charge in [0.05, 0.1) is 10.6 Å². The number of nitrogens with one attached hydrogen (secondary N) is 1. The third-order valence-electron chi connectivity index (χ3n) is 3.19. The fourth-order valence-electron chi connectivity index (χ4n) is 2.12. The standard InChI is InChI=1S/C12H17N5O3/c1-5-16-12(11(17(18)19)8(3)14-16)13-6-10-7(2)15-20-9(10)4/h13H,5-6H2,1-4H3. The maximum atomic E-state index is 11.1. The Balaban J connectivity index is 2.31. The first-order valence-electron chi connectivity index (χ1n) is 6.33. The van der Waals surface area contributed by atoms with Crippen molar-refractivity contribution in [2.45, 2.75) is 40.8 Å². The molecule has 20 heavy (non-hydrogen) atoms. The Labute approximate surface area is 115 Å². The van der Waals surface area contributed by atoms with Gasteiger partial charge < -0.3 is 9.84 Å². The molecule has 2 heterocycles. The molecule has 0 saturated heterocycles. The van der Waals surface area contributed by atoms with E-state index in [0.29, 0.717) is 30.4 Å². The quantitative estimate of drug-likeness (QED) is 0.666. The first kappa shape index (κ1) is 14.0. The minimum Gasteiger partial charge on any atom is -0.361 e. The van der Waals surface area contributed by atoms with E-state index in [9.17, 15) is 10.1 Å². The van der Waals surface area contributed by atoms with E-state index >= 15 is 0 Å². The lowest BCUT2D eigenvalue weighted by Crippen LogP contribution is -2.09. The Kier molecular flexibility index (Phi) is 3.73. The van der Waals surface area contributed by atoms with E-state index in [2.05, 4.69) is 15.6 Å². The zero-order valence-corrected chi connectivity index (χ0v) is 11.9. The highest BCUT2D eigenvalue weighted by molar-refractivity contribution is 5.59. The van der Waals surface area contributed by atoms with Crippen molar-refractivity contribution in [2.24, 2.45) is 0 Å². The molecular formula is C12H17N5O3. The van der Waals surface area contributed by atoms with E-state index in [4.69, 9.17) is 4.52 Å². The van der Waals surface area contributed by atoms with E-state index in [1.54, 1.807) is 11.6 Å². The molecule has 0 bridgehead atoms. The second-order valence-corrected chi connectivity index (χ2v) is 4.51. The molecule has 0 spiro atoms. The number of hydrogen-bond acceptors (Lipinski definition) is 6. The average molecular weight is 279 g/mol. The van der Waals surface area contributed by atoms with Crippen molar-refractivity contribution in [3.05, 3.63) is 32.8 Å².